The van der Waals surface area contributed by atoms with Crippen LogP contribution in [0.5, 0.6) is 11.5 Å². The van der Waals surface area contributed by atoms with Crippen LogP contribution in [-0.2, 0) is 32.6 Å². The van der Waals surface area contributed by atoms with Crippen LogP contribution in [0.15, 0.2) is 42.5 Å². The first-order valence-electron chi connectivity index (χ1n) is 14.0. The van der Waals surface area contributed by atoms with Crippen LogP contribution in [0.25, 0.3) is 0 Å². The number of likely N-dealkylation sites (tertiary alicyclic amines) is 1. The number of hydrogen-bond donors (Lipinski definition) is 1. The van der Waals surface area contributed by atoms with Crippen molar-refractivity contribution in [1.29, 1.82) is 0 Å². The smallest absolute Gasteiger partial charge is 0.326 e. The van der Waals surface area contributed by atoms with Crippen molar-refractivity contribution in [3.05, 3.63) is 59.2 Å². The molecular weight excluding hydrogens is 480 g/mol. The average Bonchev–Trinajstić information content (AvgIpc) is 3.23. The molecule has 2 fully saturated rings. The lowest BCUT2D eigenvalue weighted by Gasteiger charge is -2.60. The van der Waals surface area contributed by atoms with E-state index in [0.717, 1.165) is 37.8 Å². The maximum Gasteiger partial charge on any atom is 0.326 e. The molecule has 2 bridgehead atoms. The van der Waals surface area contributed by atoms with Crippen LogP contribution < -0.4 is 4.74 Å². The molecule has 38 heavy (non-hydrogen) atoms. The van der Waals surface area contributed by atoms with E-state index in [1.165, 1.54) is 11.1 Å². The molecule has 2 aromatic rings. The van der Waals surface area contributed by atoms with Gasteiger partial charge in [0, 0.05) is 23.4 Å². The molecule has 2 heterocycles. The second-order valence-corrected chi connectivity index (χ2v) is 12.6. The predicted molar refractivity (Wildman–Crippen MR) is 144 cm³/mol. The SMILES string of the molecule is CON([C@@H](Cc1ccccc1)C(=O)OC(C)(C)C)[C@H]1CC[C@H]2[C@H]3Cc4ccc(O)c5c4[C@@]2(CCN3C)[C@@H]1O5. The molecule has 2 aliphatic heterocycles. The second-order valence-electron chi connectivity index (χ2n) is 12.6. The molecule has 2 aromatic carbocycles. The van der Waals surface area contributed by atoms with Crippen LogP contribution in [0.1, 0.15) is 56.7 Å². The number of ether oxygens (including phenoxy) is 2. The molecule has 0 aromatic heterocycles. The summed E-state index contributed by atoms with van der Waals surface area (Å²) >= 11 is 0. The highest BCUT2D eigenvalue weighted by molar-refractivity contribution is 5.76. The van der Waals surface area contributed by atoms with Gasteiger partial charge in [-0.05, 0) is 83.2 Å². The van der Waals surface area contributed by atoms with Crippen LogP contribution in [0.4, 0.5) is 0 Å². The molecule has 1 saturated heterocycles. The second kappa shape index (κ2) is 9.25. The molecule has 7 heteroatoms. The standard InChI is InChI=1S/C31H40N2O5/c1-30(2,3)38-29(35)24(17-19-9-7-6-8-10-19)33(36-5)22-13-12-21-23-18-20-11-14-25(34)27-26(20)31(21,28(22)37-27)15-16-32(23)4/h6-11,14,21-24,28,34H,12-13,15-18H2,1-5H3/t21-,22-,23+,24-,28+,31-/m0/s1. The first kappa shape index (κ1) is 25.7. The highest BCUT2D eigenvalue weighted by Gasteiger charge is 2.66. The van der Waals surface area contributed by atoms with Crippen molar-refractivity contribution in [1.82, 2.24) is 9.96 Å². The van der Waals surface area contributed by atoms with E-state index in [1.54, 1.807) is 13.2 Å². The van der Waals surface area contributed by atoms with E-state index < -0.39 is 11.6 Å². The fraction of sp³-hybridized carbons (Fsp3) is 0.581. The van der Waals surface area contributed by atoms with Gasteiger partial charge in [0.05, 0.1) is 13.2 Å². The molecule has 6 atom stereocenters. The summed E-state index contributed by atoms with van der Waals surface area (Å²) in [6.45, 7) is 6.67. The number of likely N-dealkylation sites (N-methyl/N-ethyl adjacent to an activating group) is 1. The molecule has 2 aliphatic carbocycles. The molecular formula is C31H40N2O5. The zero-order valence-electron chi connectivity index (χ0n) is 23.1. The van der Waals surface area contributed by atoms with Crippen LogP contribution in [0.3, 0.4) is 0 Å². The Bertz CT molecular complexity index is 1210. The van der Waals surface area contributed by atoms with Crippen molar-refractivity contribution in [3.8, 4) is 11.5 Å². The first-order chi connectivity index (χ1) is 18.1. The summed E-state index contributed by atoms with van der Waals surface area (Å²) in [7, 11) is 3.88. The zero-order valence-corrected chi connectivity index (χ0v) is 23.1. The third kappa shape index (κ3) is 3.93. The fourth-order valence-corrected chi connectivity index (χ4v) is 7.95. The molecule has 7 nitrogen and oxygen atoms in total. The van der Waals surface area contributed by atoms with Gasteiger partial charge in [0.25, 0.3) is 0 Å². The Kier molecular flexibility index (Phi) is 6.24. The molecule has 1 saturated carbocycles. The number of hydrogen-bond acceptors (Lipinski definition) is 7. The number of piperidine rings is 1. The van der Waals surface area contributed by atoms with E-state index in [0.29, 0.717) is 24.1 Å². The Morgan fingerprint density at radius 2 is 1.97 bits per heavy atom. The number of aromatic hydroxyl groups is 1. The van der Waals surface area contributed by atoms with Crippen molar-refractivity contribution in [2.45, 2.75) is 88.1 Å². The minimum Gasteiger partial charge on any atom is -0.504 e. The maximum atomic E-state index is 13.7. The zero-order chi connectivity index (χ0) is 26.8. The van der Waals surface area contributed by atoms with Gasteiger partial charge < -0.3 is 24.3 Å². The van der Waals surface area contributed by atoms with E-state index in [9.17, 15) is 9.90 Å². The molecule has 1 spiro atoms. The number of hydroxylamine groups is 2. The third-order valence-corrected chi connectivity index (χ3v) is 9.36. The summed E-state index contributed by atoms with van der Waals surface area (Å²) in [5.41, 5.74) is 2.71. The lowest BCUT2D eigenvalue weighted by atomic mass is 9.51. The first-order valence-corrected chi connectivity index (χ1v) is 14.0. The Morgan fingerprint density at radius 1 is 1.21 bits per heavy atom. The van der Waals surface area contributed by atoms with Crippen molar-refractivity contribution < 1.29 is 24.2 Å². The fourth-order valence-electron chi connectivity index (χ4n) is 7.95. The van der Waals surface area contributed by atoms with Gasteiger partial charge in [0.1, 0.15) is 17.7 Å². The van der Waals surface area contributed by atoms with E-state index in [-0.39, 0.29) is 29.3 Å². The van der Waals surface area contributed by atoms with E-state index in [4.69, 9.17) is 14.3 Å². The molecule has 6 rings (SSSR count). The van der Waals surface area contributed by atoms with Gasteiger partial charge in [0.15, 0.2) is 11.5 Å². The third-order valence-electron chi connectivity index (χ3n) is 9.36. The van der Waals surface area contributed by atoms with Crippen molar-refractivity contribution in [3.63, 3.8) is 0 Å². The Hall–Kier alpha value is -2.61. The number of phenols is 1. The Balaban J connectivity index is 1.41. The van der Waals surface area contributed by atoms with Gasteiger partial charge in [-0.1, -0.05) is 36.4 Å². The maximum absolute atomic E-state index is 13.7. The quantitative estimate of drug-likeness (QED) is 0.451. The summed E-state index contributed by atoms with van der Waals surface area (Å²) < 4.78 is 12.7. The predicted octanol–water partition coefficient (Wildman–Crippen LogP) is 4.25. The van der Waals surface area contributed by atoms with E-state index in [2.05, 4.69) is 18.0 Å². The number of nitrogens with zero attached hydrogens (tertiary/aromatic N) is 2. The Labute approximate surface area is 225 Å². The lowest BCUT2D eigenvalue weighted by Crippen LogP contribution is -2.69. The van der Waals surface area contributed by atoms with Crippen molar-refractivity contribution in [2.24, 2.45) is 5.92 Å². The summed E-state index contributed by atoms with van der Waals surface area (Å²) in [5.74, 6) is 0.984. The monoisotopic (exact) mass is 520 g/mol. The van der Waals surface area contributed by atoms with Crippen molar-refractivity contribution in [2.75, 3.05) is 20.7 Å². The normalized spacial score (nSPS) is 30.5. The number of carbonyl (C=O) groups excluding carboxylic acids is 1. The lowest BCUT2D eigenvalue weighted by molar-refractivity contribution is -0.237. The Morgan fingerprint density at radius 3 is 2.68 bits per heavy atom. The number of benzene rings is 2. The van der Waals surface area contributed by atoms with Gasteiger partial charge >= 0.3 is 5.97 Å². The number of carbonyl (C=O) groups is 1. The van der Waals surface area contributed by atoms with Crippen LogP contribution in [0, 0.1) is 5.92 Å². The van der Waals surface area contributed by atoms with Gasteiger partial charge in [-0.25, -0.2) is 0 Å². The molecule has 0 unspecified atom stereocenters. The average molecular weight is 521 g/mol. The molecule has 1 N–H and O–H groups in total. The molecule has 4 aliphatic rings. The van der Waals surface area contributed by atoms with Gasteiger partial charge in [0.2, 0.25) is 0 Å². The van der Waals surface area contributed by atoms with Gasteiger partial charge in [-0.3, -0.25) is 4.79 Å². The van der Waals surface area contributed by atoms with Crippen molar-refractivity contribution >= 4 is 5.97 Å². The molecule has 0 radical (unpaired) electrons. The van der Waals surface area contributed by atoms with Gasteiger partial charge in [-0.15, -0.1) is 0 Å². The number of rotatable bonds is 6. The summed E-state index contributed by atoms with van der Waals surface area (Å²) in [6.07, 6.45) is 4.05. The van der Waals surface area contributed by atoms with Crippen LogP contribution in [0.2, 0.25) is 0 Å². The van der Waals surface area contributed by atoms with E-state index >= 15 is 0 Å². The van der Waals surface area contributed by atoms with Crippen LogP contribution in [-0.4, -0.2) is 71.6 Å². The van der Waals surface area contributed by atoms with E-state index in [1.807, 2.05) is 56.2 Å². The minimum absolute atomic E-state index is 0.167. The summed E-state index contributed by atoms with van der Waals surface area (Å²) in [5, 5.41) is 12.8. The number of esters is 1. The van der Waals surface area contributed by atoms with Gasteiger partial charge in [-0.2, -0.15) is 5.06 Å². The largest absolute Gasteiger partial charge is 0.504 e. The van der Waals surface area contributed by atoms with Crippen LogP contribution >= 0.6 is 0 Å². The minimum atomic E-state index is -0.634. The number of phenolic OH excluding ortho intramolecular Hbond substituents is 1. The topological polar surface area (TPSA) is 71.5 Å². The molecule has 0 amide bonds. The molecule has 204 valence electrons. The highest BCUT2D eigenvalue weighted by Crippen LogP contribution is 2.64. The summed E-state index contributed by atoms with van der Waals surface area (Å²) in [6, 6.07) is 13.5. The highest BCUT2D eigenvalue weighted by atomic mass is 16.7. The summed E-state index contributed by atoms with van der Waals surface area (Å²) in [4.78, 5) is 22.3.